The zero-order chi connectivity index (χ0) is 35.9. The molecule has 0 saturated heterocycles. The summed E-state index contributed by atoms with van der Waals surface area (Å²) in [5.74, 6) is -0.558. The van der Waals surface area contributed by atoms with Gasteiger partial charge in [-0.05, 0) is 105 Å². The van der Waals surface area contributed by atoms with E-state index in [0.717, 1.165) is 32.9 Å². The summed E-state index contributed by atoms with van der Waals surface area (Å²) in [5.41, 5.74) is 13.7. The van der Waals surface area contributed by atoms with Crippen molar-refractivity contribution >= 4 is 51.4 Å². The van der Waals surface area contributed by atoms with Crippen LogP contribution in [0.2, 0.25) is 0 Å². The minimum Gasteiger partial charge on any atom is -0.477 e. The molecule has 5 aromatic carbocycles. The maximum Gasteiger partial charge on any atom is 0.346 e. The summed E-state index contributed by atoms with van der Waals surface area (Å²) < 4.78 is 6.49. The Hall–Kier alpha value is -6.16. The summed E-state index contributed by atoms with van der Waals surface area (Å²) >= 11 is 1.38. The Morgan fingerprint density at radius 1 is 0.692 bits per heavy atom. The largest absolute Gasteiger partial charge is 0.477 e. The van der Waals surface area contributed by atoms with Crippen molar-refractivity contribution in [1.82, 2.24) is 0 Å². The van der Waals surface area contributed by atoms with E-state index in [1.807, 2.05) is 18.2 Å². The summed E-state index contributed by atoms with van der Waals surface area (Å²) in [6.45, 7) is 9.25. The molecule has 5 nitrogen and oxygen atoms in total. The first kappa shape index (κ1) is 31.8. The molecule has 52 heavy (non-hydrogen) atoms. The maximum atomic E-state index is 11.4. The third-order valence-corrected chi connectivity index (χ3v) is 12.0. The van der Waals surface area contributed by atoms with Crippen LogP contribution in [0.1, 0.15) is 54.8 Å². The van der Waals surface area contributed by atoms with E-state index >= 15 is 0 Å². The van der Waals surface area contributed by atoms with Crippen molar-refractivity contribution in [3.63, 3.8) is 0 Å². The number of nitrogens with zero attached hydrogens (tertiary/aromatic N) is 2. The van der Waals surface area contributed by atoms with E-state index in [4.69, 9.17) is 4.42 Å². The lowest BCUT2D eigenvalue weighted by Gasteiger charge is -2.29. The molecule has 0 saturated carbocycles. The number of carbonyl (C=O) groups is 1. The monoisotopic (exact) mass is 694 g/mol. The van der Waals surface area contributed by atoms with Crippen LogP contribution < -0.4 is 4.90 Å². The van der Waals surface area contributed by atoms with Gasteiger partial charge in [0.1, 0.15) is 23.0 Å². The topological polar surface area (TPSA) is 77.5 Å². The van der Waals surface area contributed by atoms with Gasteiger partial charge in [0, 0.05) is 44.2 Å². The van der Waals surface area contributed by atoms with Crippen LogP contribution in [0, 0.1) is 11.3 Å². The lowest BCUT2D eigenvalue weighted by molar-refractivity contribution is -0.132. The van der Waals surface area contributed by atoms with Gasteiger partial charge in [-0.1, -0.05) is 88.4 Å². The fourth-order valence-electron chi connectivity index (χ4n) is 8.24. The van der Waals surface area contributed by atoms with Crippen molar-refractivity contribution in [2.45, 2.75) is 38.5 Å². The number of fused-ring (bicyclic) bond motifs is 7. The number of thiophene rings is 1. The lowest BCUT2D eigenvalue weighted by Crippen LogP contribution is -2.18. The summed E-state index contributed by atoms with van der Waals surface area (Å²) in [6, 6.07) is 45.0. The summed E-state index contributed by atoms with van der Waals surface area (Å²) in [7, 11) is 0. The van der Waals surface area contributed by atoms with Crippen molar-refractivity contribution in [1.29, 1.82) is 5.26 Å². The van der Waals surface area contributed by atoms with Crippen LogP contribution in [-0.2, 0) is 15.6 Å². The molecular weight excluding hydrogens is 661 g/mol. The van der Waals surface area contributed by atoms with E-state index in [1.165, 1.54) is 61.9 Å². The molecule has 0 amide bonds. The molecule has 0 aliphatic heterocycles. The number of benzene rings is 5. The van der Waals surface area contributed by atoms with Gasteiger partial charge >= 0.3 is 5.97 Å². The van der Waals surface area contributed by atoms with Crippen LogP contribution >= 0.6 is 11.3 Å². The number of aliphatic carboxylic acids is 1. The van der Waals surface area contributed by atoms with Gasteiger partial charge in [-0.3, -0.25) is 0 Å². The number of nitriles is 1. The zero-order valence-electron chi connectivity index (χ0n) is 29.2. The van der Waals surface area contributed by atoms with Gasteiger partial charge in [-0.2, -0.15) is 5.26 Å². The number of anilines is 3. The predicted octanol–water partition coefficient (Wildman–Crippen LogP) is 12.2. The Balaban J connectivity index is 1.18. The zero-order valence-corrected chi connectivity index (χ0v) is 30.0. The Morgan fingerprint density at radius 3 is 1.81 bits per heavy atom. The molecule has 2 heterocycles. The molecule has 0 atom stereocenters. The highest BCUT2D eigenvalue weighted by atomic mass is 32.1. The van der Waals surface area contributed by atoms with Gasteiger partial charge in [-0.25, -0.2) is 4.79 Å². The standard InChI is InChI=1S/C46H34N2O3S/c1-45(2)37-11-7-5-9-33(37)35-18-15-29(23-39(35)45)48(30-16-19-36-34-10-6-8-12-38(34)46(3,4)40(36)24-30)31-14-13-27-22-42(51-41(27)25-31)43-20-17-32(52-43)21-28(26-47)44(49)50/h5-25H,1-4H3,(H,49,50)/b28-21+. The summed E-state index contributed by atoms with van der Waals surface area (Å²) in [5, 5.41) is 19.5. The first-order valence-electron chi connectivity index (χ1n) is 17.3. The Bertz CT molecular complexity index is 2590. The molecule has 2 aromatic heterocycles. The van der Waals surface area contributed by atoms with Gasteiger partial charge < -0.3 is 14.4 Å². The van der Waals surface area contributed by atoms with Crippen molar-refractivity contribution in [2.75, 3.05) is 4.90 Å². The molecule has 2 aliphatic rings. The van der Waals surface area contributed by atoms with Gasteiger partial charge in [0.25, 0.3) is 0 Å². The third kappa shape index (κ3) is 4.77. The molecule has 9 rings (SSSR count). The number of furan rings is 1. The van der Waals surface area contributed by atoms with E-state index < -0.39 is 5.97 Å². The molecule has 1 N–H and O–H groups in total. The minimum atomic E-state index is -1.24. The van der Waals surface area contributed by atoms with E-state index in [-0.39, 0.29) is 16.4 Å². The van der Waals surface area contributed by atoms with E-state index in [2.05, 4.69) is 136 Å². The van der Waals surface area contributed by atoms with E-state index in [1.54, 1.807) is 6.07 Å². The van der Waals surface area contributed by atoms with E-state index in [0.29, 0.717) is 10.6 Å². The lowest BCUT2D eigenvalue weighted by atomic mass is 9.82. The number of rotatable bonds is 6. The first-order chi connectivity index (χ1) is 25.0. The molecule has 0 bridgehead atoms. The van der Waals surface area contributed by atoms with Gasteiger partial charge in [0.15, 0.2) is 0 Å². The van der Waals surface area contributed by atoms with Gasteiger partial charge in [-0.15, -0.1) is 11.3 Å². The number of hydrogen-bond acceptors (Lipinski definition) is 5. The SMILES string of the molecule is CC1(C)c2ccccc2-c2ccc(N(c3ccc4c(c3)C(C)(C)c3ccccc3-4)c3ccc4cc(-c5ccc(/C=C(\C#N)C(=O)O)s5)oc4c3)cc21. The quantitative estimate of drug-likeness (QED) is 0.138. The van der Waals surface area contributed by atoms with Crippen molar-refractivity contribution in [3.05, 3.63) is 154 Å². The number of carboxylic acid groups (broad SMARTS) is 1. The molecule has 0 spiro atoms. The second-order valence-electron chi connectivity index (χ2n) is 14.6. The Labute approximate surface area is 306 Å². The smallest absolute Gasteiger partial charge is 0.346 e. The normalized spacial score (nSPS) is 14.7. The molecule has 0 radical (unpaired) electrons. The molecule has 0 fully saturated rings. The third-order valence-electron chi connectivity index (χ3n) is 10.9. The number of hydrogen-bond donors (Lipinski definition) is 1. The Kier molecular flexibility index (Phi) is 6.99. The van der Waals surface area contributed by atoms with Crippen LogP contribution in [-0.4, -0.2) is 11.1 Å². The van der Waals surface area contributed by atoms with Crippen LogP contribution in [0.15, 0.2) is 131 Å². The predicted molar refractivity (Wildman–Crippen MR) is 211 cm³/mol. The highest BCUT2D eigenvalue weighted by Crippen LogP contribution is 2.53. The fourth-order valence-corrected chi connectivity index (χ4v) is 9.14. The molecule has 252 valence electrons. The maximum absolute atomic E-state index is 11.4. The van der Waals surface area contributed by atoms with Crippen LogP contribution in [0.5, 0.6) is 0 Å². The minimum absolute atomic E-state index is 0.151. The fraction of sp³-hybridized carbons (Fsp3) is 0.130. The molecule has 7 aromatic rings. The van der Waals surface area contributed by atoms with E-state index in [9.17, 15) is 15.2 Å². The average molecular weight is 695 g/mol. The first-order valence-corrected chi connectivity index (χ1v) is 18.1. The Morgan fingerprint density at radius 2 is 1.23 bits per heavy atom. The molecule has 2 aliphatic carbocycles. The van der Waals surface area contributed by atoms with Crippen LogP contribution in [0.25, 0.3) is 49.9 Å². The highest BCUT2D eigenvalue weighted by Gasteiger charge is 2.37. The van der Waals surface area contributed by atoms with Crippen molar-refractivity contribution < 1.29 is 14.3 Å². The van der Waals surface area contributed by atoms with Gasteiger partial charge in [0.05, 0.1) is 4.88 Å². The van der Waals surface area contributed by atoms with Gasteiger partial charge in [0.2, 0.25) is 0 Å². The van der Waals surface area contributed by atoms with Crippen LogP contribution in [0.3, 0.4) is 0 Å². The molecule has 0 unspecified atom stereocenters. The van der Waals surface area contributed by atoms with Crippen molar-refractivity contribution in [3.8, 4) is 39.0 Å². The second kappa shape index (κ2) is 11.4. The van der Waals surface area contributed by atoms with Crippen molar-refractivity contribution in [2.24, 2.45) is 0 Å². The van der Waals surface area contributed by atoms with Crippen LogP contribution in [0.4, 0.5) is 17.1 Å². The average Bonchev–Trinajstić information content (AvgIpc) is 3.89. The summed E-state index contributed by atoms with van der Waals surface area (Å²) in [4.78, 5) is 15.2. The summed E-state index contributed by atoms with van der Waals surface area (Å²) in [6.07, 6.45) is 1.39. The molecule has 6 heteroatoms. The number of carboxylic acids is 1. The second-order valence-corrected chi connectivity index (χ2v) is 15.8. The highest BCUT2D eigenvalue weighted by molar-refractivity contribution is 7.16. The molecular formula is C46H34N2O3S.